The number of nitrogens with one attached hydrogen (secondary N) is 3. The molecule has 0 aliphatic heterocycles. The van der Waals surface area contributed by atoms with Crippen LogP contribution in [0.4, 0.5) is 15.6 Å². The maximum atomic E-state index is 12.2. The second kappa shape index (κ2) is 8.71. The van der Waals surface area contributed by atoms with E-state index >= 15 is 0 Å². The molecule has 3 amide bonds. The molecule has 0 spiro atoms. The summed E-state index contributed by atoms with van der Waals surface area (Å²) in [4.78, 5) is 28.2. The Kier molecular flexibility index (Phi) is 6.10. The third-order valence-electron chi connectivity index (χ3n) is 4.08. The molecule has 0 bridgehead atoms. The van der Waals surface area contributed by atoms with E-state index in [1.54, 1.807) is 20.1 Å². The van der Waals surface area contributed by atoms with E-state index in [-0.39, 0.29) is 11.9 Å². The van der Waals surface area contributed by atoms with Crippen molar-refractivity contribution >= 4 is 44.3 Å². The van der Waals surface area contributed by atoms with Gasteiger partial charge in [-0.2, -0.15) is 0 Å². The van der Waals surface area contributed by atoms with Crippen molar-refractivity contribution in [2.75, 3.05) is 17.7 Å². The maximum absolute atomic E-state index is 12.2. The first-order chi connectivity index (χ1) is 13.5. The predicted molar refractivity (Wildman–Crippen MR) is 112 cm³/mol. The predicted octanol–water partition coefficient (Wildman–Crippen LogP) is 4.28. The highest BCUT2D eigenvalue weighted by Gasteiger charge is 2.13. The van der Waals surface area contributed by atoms with E-state index in [1.165, 1.54) is 16.9 Å². The summed E-state index contributed by atoms with van der Waals surface area (Å²) in [5.41, 5.74) is 3.42. The average molecular weight is 398 g/mol. The lowest BCUT2D eigenvalue weighted by atomic mass is 10.1. The number of anilines is 2. The molecule has 0 unspecified atom stereocenters. The van der Waals surface area contributed by atoms with E-state index in [9.17, 15) is 9.59 Å². The van der Waals surface area contributed by atoms with Gasteiger partial charge < -0.3 is 20.7 Å². The number of hydrogen-bond acceptors (Lipinski definition) is 5. The number of thiazole rings is 1. The minimum Gasteiger partial charge on any atom is -0.494 e. The lowest BCUT2D eigenvalue weighted by molar-refractivity contribution is -0.115. The Morgan fingerprint density at radius 2 is 1.89 bits per heavy atom. The molecule has 1 heterocycles. The van der Waals surface area contributed by atoms with Crippen molar-refractivity contribution in [1.29, 1.82) is 0 Å². The molecule has 0 fully saturated rings. The topological polar surface area (TPSA) is 92.3 Å². The van der Waals surface area contributed by atoms with Gasteiger partial charge in [-0.1, -0.05) is 48.1 Å². The number of nitrogens with zero attached hydrogens (tertiary/aromatic N) is 1. The van der Waals surface area contributed by atoms with Crippen LogP contribution in [-0.4, -0.2) is 24.0 Å². The van der Waals surface area contributed by atoms with Crippen molar-refractivity contribution in [2.24, 2.45) is 0 Å². The maximum Gasteiger partial charge on any atom is 0.319 e. The number of carbonyl (C=O) groups is 2. The quantitative estimate of drug-likeness (QED) is 0.578. The molecule has 3 N–H and O–H groups in total. The smallest absolute Gasteiger partial charge is 0.319 e. The lowest BCUT2D eigenvalue weighted by Crippen LogP contribution is -2.28. The highest BCUT2D eigenvalue weighted by Crippen LogP contribution is 2.35. The van der Waals surface area contributed by atoms with E-state index in [1.807, 2.05) is 37.3 Å². The number of carbonyl (C=O) groups excluding carboxylic acids is 2. The van der Waals surface area contributed by atoms with Gasteiger partial charge in [0, 0.05) is 24.7 Å². The number of urea groups is 1. The van der Waals surface area contributed by atoms with Gasteiger partial charge in [-0.3, -0.25) is 4.79 Å². The van der Waals surface area contributed by atoms with Crippen molar-refractivity contribution in [3.05, 3.63) is 47.5 Å². The molecule has 0 saturated carbocycles. The summed E-state index contributed by atoms with van der Waals surface area (Å²) in [6.45, 7) is 4.23. The van der Waals surface area contributed by atoms with Crippen molar-refractivity contribution < 1.29 is 14.3 Å². The molecule has 0 radical (unpaired) electrons. The fraction of sp³-hybridized carbons (Fsp3) is 0.250. The average Bonchev–Trinajstić information content (AvgIpc) is 3.09. The van der Waals surface area contributed by atoms with E-state index < -0.39 is 0 Å². The molecule has 3 aromatic rings. The van der Waals surface area contributed by atoms with Crippen LogP contribution in [0.1, 0.15) is 24.5 Å². The summed E-state index contributed by atoms with van der Waals surface area (Å²) in [7, 11) is 1.54. The third-order valence-corrected chi connectivity index (χ3v) is 5.00. The van der Waals surface area contributed by atoms with Crippen molar-refractivity contribution in [1.82, 2.24) is 10.3 Å². The van der Waals surface area contributed by atoms with Gasteiger partial charge in [-0.25, -0.2) is 9.78 Å². The number of aryl methyl sites for hydroxylation is 1. The Morgan fingerprint density at radius 3 is 2.57 bits per heavy atom. The Hall–Kier alpha value is -3.13. The summed E-state index contributed by atoms with van der Waals surface area (Å²) in [5.74, 6) is 0.423. The standard InChI is InChI=1S/C20H22N4O3S/c1-4-17(25)23-20-24-18-15(27-3)9-14(10-16(18)28-20)22-19(26)21-11-13-7-5-12(2)6-8-13/h5-10H,4,11H2,1-3H3,(H2,21,22,26)(H,23,24,25). The zero-order valence-corrected chi connectivity index (χ0v) is 16.8. The van der Waals surface area contributed by atoms with E-state index in [0.717, 1.165) is 10.3 Å². The number of fused-ring (bicyclic) bond motifs is 1. The van der Waals surface area contributed by atoms with E-state index in [2.05, 4.69) is 20.9 Å². The zero-order chi connectivity index (χ0) is 20.1. The minimum absolute atomic E-state index is 0.105. The lowest BCUT2D eigenvalue weighted by Gasteiger charge is -2.09. The monoisotopic (exact) mass is 398 g/mol. The summed E-state index contributed by atoms with van der Waals surface area (Å²) in [6.07, 6.45) is 0.376. The van der Waals surface area contributed by atoms with Crippen molar-refractivity contribution in [2.45, 2.75) is 26.8 Å². The molecule has 8 heteroatoms. The summed E-state index contributed by atoms with van der Waals surface area (Å²) in [5, 5.41) is 8.89. The van der Waals surface area contributed by atoms with Crippen LogP contribution in [0.3, 0.4) is 0 Å². The molecule has 3 rings (SSSR count). The number of rotatable bonds is 6. The Balaban J connectivity index is 1.72. The highest BCUT2D eigenvalue weighted by molar-refractivity contribution is 7.22. The molecule has 7 nitrogen and oxygen atoms in total. The second-order valence-electron chi connectivity index (χ2n) is 6.24. The number of methoxy groups -OCH3 is 1. The Labute approximate surface area is 167 Å². The Morgan fingerprint density at radius 1 is 1.14 bits per heavy atom. The first-order valence-electron chi connectivity index (χ1n) is 8.87. The van der Waals surface area contributed by atoms with Crippen LogP contribution in [0.2, 0.25) is 0 Å². The largest absolute Gasteiger partial charge is 0.494 e. The molecular weight excluding hydrogens is 376 g/mol. The SMILES string of the molecule is CCC(=O)Nc1nc2c(OC)cc(NC(=O)NCc3ccc(C)cc3)cc2s1. The van der Waals surface area contributed by atoms with Crippen LogP contribution in [0, 0.1) is 6.92 Å². The summed E-state index contributed by atoms with van der Waals surface area (Å²) >= 11 is 1.33. The normalized spacial score (nSPS) is 10.5. The van der Waals surface area contributed by atoms with Gasteiger partial charge in [0.05, 0.1) is 11.8 Å². The minimum atomic E-state index is -0.314. The van der Waals surface area contributed by atoms with Crippen LogP contribution < -0.4 is 20.7 Å². The van der Waals surface area contributed by atoms with Crippen LogP contribution in [0.25, 0.3) is 10.2 Å². The van der Waals surface area contributed by atoms with Crippen LogP contribution >= 0.6 is 11.3 Å². The summed E-state index contributed by atoms with van der Waals surface area (Å²) in [6, 6.07) is 11.2. The number of aromatic nitrogens is 1. The van der Waals surface area contributed by atoms with Gasteiger partial charge in [0.25, 0.3) is 0 Å². The first kappa shape index (κ1) is 19.6. The Bertz CT molecular complexity index is 999. The molecule has 0 saturated heterocycles. The number of hydrogen-bond donors (Lipinski definition) is 3. The van der Waals surface area contributed by atoms with Gasteiger partial charge in [-0.15, -0.1) is 0 Å². The van der Waals surface area contributed by atoms with Crippen molar-refractivity contribution in [3.63, 3.8) is 0 Å². The zero-order valence-electron chi connectivity index (χ0n) is 16.0. The molecule has 2 aromatic carbocycles. The molecule has 28 heavy (non-hydrogen) atoms. The number of benzene rings is 2. The fourth-order valence-electron chi connectivity index (χ4n) is 2.55. The summed E-state index contributed by atoms with van der Waals surface area (Å²) < 4.78 is 6.20. The van der Waals surface area contributed by atoms with Gasteiger partial charge in [0.1, 0.15) is 11.3 Å². The fourth-order valence-corrected chi connectivity index (χ4v) is 3.49. The van der Waals surface area contributed by atoms with Crippen LogP contribution in [-0.2, 0) is 11.3 Å². The molecular formula is C20H22N4O3S. The molecule has 0 aliphatic rings. The van der Waals surface area contributed by atoms with E-state index in [0.29, 0.717) is 35.1 Å². The second-order valence-corrected chi connectivity index (χ2v) is 7.27. The van der Waals surface area contributed by atoms with E-state index in [4.69, 9.17) is 4.74 Å². The molecule has 1 aromatic heterocycles. The molecule has 0 aliphatic carbocycles. The van der Waals surface area contributed by atoms with Crippen molar-refractivity contribution in [3.8, 4) is 5.75 Å². The third kappa shape index (κ3) is 4.77. The van der Waals surface area contributed by atoms with Gasteiger partial charge in [-0.05, 0) is 18.6 Å². The first-order valence-corrected chi connectivity index (χ1v) is 9.69. The highest BCUT2D eigenvalue weighted by atomic mass is 32.1. The van der Waals surface area contributed by atoms with Crippen LogP contribution in [0.15, 0.2) is 36.4 Å². The van der Waals surface area contributed by atoms with Gasteiger partial charge in [0.15, 0.2) is 5.13 Å². The number of amides is 3. The van der Waals surface area contributed by atoms with Gasteiger partial charge >= 0.3 is 6.03 Å². The molecule has 146 valence electrons. The molecule has 0 atom stereocenters. The van der Waals surface area contributed by atoms with Gasteiger partial charge in [0.2, 0.25) is 5.91 Å². The van der Waals surface area contributed by atoms with Crippen LogP contribution in [0.5, 0.6) is 5.75 Å². The number of ether oxygens (including phenoxy) is 1.